The van der Waals surface area contributed by atoms with Crippen LogP contribution in [0.15, 0.2) is 47.6 Å². The van der Waals surface area contributed by atoms with Gasteiger partial charge in [-0.15, -0.1) is 24.0 Å². The highest BCUT2D eigenvalue weighted by Crippen LogP contribution is 2.16. The average Bonchev–Trinajstić information content (AvgIpc) is 3.30. The molecule has 2 aromatic rings. The third-order valence-corrected chi connectivity index (χ3v) is 5.07. The first kappa shape index (κ1) is 21.7. The molecule has 2 heterocycles. The van der Waals surface area contributed by atoms with Gasteiger partial charge in [-0.3, -0.25) is 9.67 Å². The summed E-state index contributed by atoms with van der Waals surface area (Å²) in [5.41, 5.74) is 2.56. The van der Waals surface area contributed by atoms with Gasteiger partial charge in [-0.05, 0) is 36.9 Å². The van der Waals surface area contributed by atoms with Crippen LogP contribution in [0.2, 0.25) is 0 Å². The van der Waals surface area contributed by atoms with Gasteiger partial charge in [-0.2, -0.15) is 5.10 Å². The molecule has 0 aliphatic carbocycles. The summed E-state index contributed by atoms with van der Waals surface area (Å²) in [6.07, 6.45) is 4.20. The van der Waals surface area contributed by atoms with E-state index in [1.54, 1.807) is 0 Å². The number of halogens is 1. The van der Waals surface area contributed by atoms with Crippen LogP contribution < -0.4 is 10.6 Å². The van der Waals surface area contributed by atoms with Crippen molar-refractivity contribution in [3.8, 4) is 0 Å². The third-order valence-electron chi connectivity index (χ3n) is 5.07. The van der Waals surface area contributed by atoms with Gasteiger partial charge in [0.25, 0.3) is 0 Å². The van der Waals surface area contributed by atoms with Crippen molar-refractivity contribution in [2.45, 2.75) is 19.4 Å². The average molecular weight is 482 g/mol. The van der Waals surface area contributed by atoms with Gasteiger partial charge in [0.05, 0.1) is 12.2 Å². The van der Waals surface area contributed by atoms with Crippen LogP contribution in [-0.2, 0) is 20.0 Å². The van der Waals surface area contributed by atoms with Gasteiger partial charge in [-0.25, -0.2) is 0 Å². The zero-order valence-corrected chi connectivity index (χ0v) is 18.6. The largest absolute Gasteiger partial charge is 0.356 e. The second kappa shape index (κ2) is 11.3. The summed E-state index contributed by atoms with van der Waals surface area (Å²) in [4.78, 5) is 6.90. The molecular weight excluding hydrogens is 451 g/mol. The zero-order chi connectivity index (χ0) is 18.2. The van der Waals surface area contributed by atoms with Crippen molar-refractivity contribution < 1.29 is 0 Å². The Hall–Kier alpha value is -1.61. The van der Waals surface area contributed by atoms with Gasteiger partial charge in [0.15, 0.2) is 5.96 Å². The summed E-state index contributed by atoms with van der Waals surface area (Å²) in [6, 6.07) is 12.8. The highest BCUT2D eigenvalue weighted by Gasteiger charge is 2.22. The standard InChI is InChI=1S/C20H30N6.HI/c1-21-20(23-15-19-8-11-24-25(19)2)22-14-18-10-13-26(16-18)12-9-17-6-4-3-5-7-17;/h3-8,11,18H,9-10,12-16H2,1-2H3,(H2,21,22,23);1H. The summed E-state index contributed by atoms with van der Waals surface area (Å²) >= 11 is 0. The van der Waals surface area contributed by atoms with E-state index in [2.05, 4.69) is 56.0 Å². The highest BCUT2D eigenvalue weighted by molar-refractivity contribution is 14.0. The predicted molar refractivity (Wildman–Crippen MR) is 122 cm³/mol. The lowest BCUT2D eigenvalue weighted by Crippen LogP contribution is -2.40. The van der Waals surface area contributed by atoms with Crippen LogP contribution in [0, 0.1) is 5.92 Å². The van der Waals surface area contributed by atoms with E-state index in [1.807, 2.05) is 31.0 Å². The molecule has 148 valence electrons. The maximum Gasteiger partial charge on any atom is 0.191 e. The van der Waals surface area contributed by atoms with Crippen molar-refractivity contribution >= 4 is 29.9 Å². The van der Waals surface area contributed by atoms with Crippen LogP contribution in [0.4, 0.5) is 0 Å². The molecule has 1 unspecified atom stereocenters. The monoisotopic (exact) mass is 482 g/mol. The topological polar surface area (TPSA) is 57.5 Å². The highest BCUT2D eigenvalue weighted by atomic mass is 127. The number of guanidine groups is 1. The van der Waals surface area contributed by atoms with E-state index in [4.69, 9.17) is 0 Å². The SMILES string of the molecule is CN=C(NCc1ccnn1C)NCC1CCN(CCc2ccccc2)C1.I. The van der Waals surface area contributed by atoms with E-state index in [0.29, 0.717) is 5.92 Å². The van der Waals surface area contributed by atoms with Crippen LogP contribution in [0.1, 0.15) is 17.7 Å². The van der Waals surface area contributed by atoms with Crippen molar-refractivity contribution in [1.29, 1.82) is 0 Å². The van der Waals surface area contributed by atoms with Crippen molar-refractivity contribution in [2.75, 3.05) is 33.2 Å². The number of likely N-dealkylation sites (tertiary alicyclic amines) is 1. The fourth-order valence-electron chi connectivity index (χ4n) is 3.43. The number of aliphatic imine (C=N–C) groups is 1. The van der Waals surface area contributed by atoms with Crippen LogP contribution in [0.25, 0.3) is 0 Å². The van der Waals surface area contributed by atoms with E-state index in [0.717, 1.165) is 37.7 Å². The zero-order valence-electron chi connectivity index (χ0n) is 16.3. The predicted octanol–water partition coefficient (Wildman–Crippen LogP) is 2.27. The fraction of sp³-hybridized carbons (Fsp3) is 0.500. The first-order valence-electron chi connectivity index (χ1n) is 9.42. The molecule has 3 rings (SSSR count). The number of nitrogens with zero attached hydrogens (tertiary/aromatic N) is 4. The van der Waals surface area contributed by atoms with E-state index < -0.39 is 0 Å². The second-order valence-corrected chi connectivity index (χ2v) is 6.94. The van der Waals surface area contributed by atoms with Gasteiger partial charge in [0.1, 0.15) is 0 Å². The fourth-order valence-corrected chi connectivity index (χ4v) is 3.43. The maximum atomic E-state index is 4.32. The third kappa shape index (κ3) is 6.80. The van der Waals surface area contributed by atoms with Crippen LogP contribution in [0.5, 0.6) is 0 Å². The van der Waals surface area contributed by atoms with Crippen molar-refractivity contribution in [3.63, 3.8) is 0 Å². The molecular formula is C20H31IN6. The Morgan fingerprint density at radius 2 is 2.04 bits per heavy atom. The summed E-state index contributed by atoms with van der Waals surface area (Å²) < 4.78 is 1.88. The Bertz CT molecular complexity index is 700. The molecule has 1 fully saturated rings. The molecule has 0 radical (unpaired) electrons. The molecule has 1 aliphatic heterocycles. The molecule has 7 heteroatoms. The lowest BCUT2D eigenvalue weighted by molar-refractivity contribution is 0.328. The summed E-state index contributed by atoms with van der Waals surface area (Å²) in [6.45, 7) is 5.20. The summed E-state index contributed by atoms with van der Waals surface area (Å²) in [5, 5.41) is 11.0. The Labute approximate surface area is 179 Å². The lowest BCUT2D eigenvalue weighted by atomic mass is 10.1. The summed E-state index contributed by atoms with van der Waals surface area (Å²) in [5.74, 6) is 1.54. The van der Waals surface area contributed by atoms with Gasteiger partial charge in [-0.1, -0.05) is 30.3 Å². The molecule has 1 atom stereocenters. The van der Waals surface area contributed by atoms with E-state index >= 15 is 0 Å². The van der Waals surface area contributed by atoms with Crippen molar-refractivity contribution in [2.24, 2.45) is 18.0 Å². The molecule has 0 amide bonds. The van der Waals surface area contributed by atoms with E-state index in [-0.39, 0.29) is 24.0 Å². The minimum atomic E-state index is 0. The number of benzene rings is 1. The van der Waals surface area contributed by atoms with Crippen LogP contribution in [-0.4, -0.2) is 53.9 Å². The van der Waals surface area contributed by atoms with E-state index in [9.17, 15) is 0 Å². The number of aromatic nitrogens is 2. The van der Waals surface area contributed by atoms with Gasteiger partial charge in [0.2, 0.25) is 0 Å². The quantitative estimate of drug-likeness (QED) is 0.361. The Morgan fingerprint density at radius 1 is 1.22 bits per heavy atom. The Balaban J connectivity index is 0.00000261. The minimum absolute atomic E-state index is 0. The lowest BCUT2D eigenvalue weighted by Gasteiger charge is -2.17. The molecule has 2 N–H and O–H groups in total. The molecule has 0 spiro atoms. The number of nitrogens with one attached hydrogen (secondary N) is 2. The van der Waals surface area contributed by atoms with E-state index in [1.165, 1.54) is 25.1 Å². The smallest absolute Gasteiger partial charge is 0.191 e. The molecule has 1 aliphatic rings. The second-order valence-electron chi connectivity index (χ2n) is 6.94. The minimum Gasteiger partial charge on any atom is -0.356 e. The molecule has 1 saturated heterocycles. The molecule has 27 heavy (non-hydrogen) atoms. The Morgan fingerprint density at radius 3 is 2.74 bits per heavy atom. The first-order valence-corrected chi connectivity index (χ1v) is 9.42. The van der Waals surface area contributed by atoms with Crippen LogP contribution in [0.3, 0.4) is 0 Å². The van der Waals surface area contributed by atoms with Gasteiger partial charge >= 0.3 is 0 Å². The summed E-state index contributed by atoms with van der Waals surface area (Å²) in [7, 11) is 3.77. The maximum absolute atomic E-state index is 4.32. The first-order chi connectivity index (χ1) is 12.7. The molecule has 0 bridgehead atoms. The number of rotatable bonds is 7. The van der Waals surface area contributed by atoms with Crippen molar-refractivity contribution in [3.05, 3.63) is 53.9 Å². The number of aryl methyl sites for hydroxylation is 1. The van der Waals surface area contributed by atoms with Gasteiger partial charge < -0.3 is 15.5 Å². The normalized spacial score (nSPS) is 17.6. The molecule has 1 aromatic carbocycles. The van der Waals surface area contributed by atoms with Crippen LogP contribution >= 0.6 is 24.0 Å². The molecule has 0 saturated carbocycles. The molecule has 1 aromatic heterocycles. The number of hydrogen-bond donors (Lipinski definition) is 2. The Kier molecular flexibility index (Phi) is 9.06. The van der Waals surface area contributed by atoms with Crippen molar-refractivity contribution in [1.82, 2.24) is 25.3 Å². The molecule has 6 nitrogen and oxygen atoms in total. The van der Waals surface area contributed by atoms with Gasteiger partial charge in [0, 0.05) is 39.9 Å². The number of hydrogen-bond acceptors (Lipinski definition) is 3.